The fourth-order valence-corrected chi connectivity index (χ4v) is 6.74. The maximum atomic E-state index is 16.7. The number of methoxy groups -OCH3 is 1. The average molecular weight is 624 g/mol. The van der Waals surface area contributed by atoms with Gasteiger partial charge in [-0.15, -0.1) is 11.3 Å². The average Bonchev–Trinajstić information content (AvgIpc) is 3.17. The van der Waals surface area contributed by atoms with Crippen LogP contribution in [0, 0.1) is 23.0 Å². The molecule has 0 saturated heterocycles. The van der Waals surface area contributed by atoms with Gasteiger partial charge in [0.25, 0.3) is 0 Å². The molecule has 5 aromatic rings. The van der Waals surface area contributed by atoms with Gasteiger partial charge in [0, 0.05) is 22.7 Å². The second-order valence-corrected chi connectivity index (χ2v) is 10.9. The van der Waals surface area contributed by atoms with E-state index in [2.05, 4.69) is 30.9 Å². The molecule has 4 N–H and O–H groups in total. The molecule has 1 atom stereocenters. The molecule has 1 aliphatic heterocycles. The lowest BCUT2D eigenvalue weighted by Gasteiger charge is -2.30. The lowest BCUT2D eigenvalue weighted by molar-refractivity contribution is 0.326. The van der Waals surface area contributed by atoms with Gasteiger partial charge in [-0.2, -0.15) is 15.2 Å². The Balaban J connectivity index is 1.68. The molecule has 40 heavy (non-hydrogen) atoms. The molecular weight excluding hydrogens is 604 g/mol. The Labute approximate surface area is 239 Å². The highest BCUT2D eigenvalue weighted by molar-refractivity contribution is 9.10. The van der Waals surface area contributed by atoms with E-state index >= 15 is 4.39 Å². The number of nitrogen functional groups attached to an aromatic ring is 2. The van der Waals surface area contributed by atoms with E-state index < -0.39 is 11.6 Å². The molecule has 3 aromatic heterocycles. The first-order chi connectivity index (χ1) is 19.3. The first-order valence-corrected chi connectivity index (χ1v) is 13.6. The van der Waals surface area contributed by atoms with Crippen LogP contribution in [-0.2, 0) is 0 Å². The molecule has 0 fully saturated rings. The monoisotopic (exact) mass is 623 g/mol. The minimum atomic E-state index is -0.729. The zero-order chi connectivity index (χ0) is 28.3. The number of pyridine rings is 1. The van der Waals surface area contributed by atoms with Gasteiger partial charge in [-0.1, -0.05) is 12.1 Å². The number of anilines is 3. The second kappa shape index (κ2) is 9.72. The third kappa shape index (κ3) is 3.78. The van der Waals surface area contributed by atoms with E-state index in [0.717, 1.165) is 16.9 Å². The molecule has 2 aromatic carbocycles. The van der Waals surface area contributed by atoms with Crippen LogP contribution in [0.15, 0.2) is 34.9 Å². The van der Waals surface area contributed by atoms with Crippen molar-refractivity contribution in [2.45, 2.75) is 13.0 Å². The number of nitriles is 1. The highest BCUT2D eigenvalue weighted by atomic mass is 79.9. The maximum Gasteiger partial charge on any atom is 0.318 e. The fourth-order valence-electron chi connectivity index (χ4n) is 5.09. The van der Waals surface area contributed by atoms with Crippen molar-refractivity contribution in [2.24, 2.45) is 0 Å². The molecule has 0 amide bonds. The summed E-state index contributed by atoms with van der Waals surface area (Å²) in [4.78, 5) is 15.1. The van der Waals surface area contributed by atoms with Crippen LogP contribution in [-0.4, -0.2) is 35.2 Å². The van der Waals surface area contributed by atoms with Crippen LogP contribution in [0.25, 0.3) is 32.1 Å². The van der Waals surface area contributed by atoms with Crippen molar-refractivity contribution in [3.8, 4) is 29.0 Å². The molecule has 202 valence electrons. The molecular formula is C27H20BrF2N7O2S. The first kappa shape index (κ1) is 26.0. The molecule has 0 radical (unpaired) electrons. The summed E-state index contributed by atoms with van der Waals surface area (Å²) < 4.78 is 43.5. The van der Waals surface area contributed by atoms with Gasteiger partial charge in [-0.25, -0.2) is 13.8 Å². The predicted molar refractivity (Wildman–Crippen MR) is 154 cm³/mol. The zero-order valence-corrected chi connectivity index (χ0v) is 23.5. The van der Waals surface area contributed by atoms with Gasteiger partial charge in [-0.3, -0.25) is 0 Å². The summed E-state index contributed by atoms with van der Waals surface area (Å²) in [6.07, 6.45) is 1.61. The highest BCUT2D eigenvalue weighted by Crippen LogP contribution is 2.51. The summed E-state index contributed by atoms with van der Waals surface area (Å²) in [5.74, 6) is -0.235. The molecule has 1 unspecified atom stereocenters. The smallest absolute Gasteiger partial charge is 0.318 e. The molecule has 1 aliphatic rings. The number of nitrogens with zero attached hydrogens (tertiary/aromatic N) is 5. The normalized spacial score (nSPS) is 13.7. The number of halogens is 3. The minimum Gasteiger partial charge on any atom is -0.490 e. The summed E-state index contributed by atoms with van der Waals surface area (Å²) in [7, 11) is 1.39. The van der Waals surface area contributed by atoms with E-state index in [1.165, 1.54) is 19.2 Å². The SMILES string of the molecule is COc1nc2c3c(c(Br)c(-c4ccc(F)c5sc(N)c(C#N)c45)c(F)c3n1)OCCN2C(C)c1cccnc1N. The van der Waals surface area contributed by atoms with Crippen molar-refractivity contribution in [3.05, 3.63) is 57.7 Å². The number of rotatable bonds is 4. The molecule has 0 aliphatic carbocycles. The largest absolute Gasteiger partial charge is 0.490 e. The van der Waals surface area contributed by atoms with Crippen LogP contribution in [0.2, 0.25) is 0 Å². The summed E-state index contributed by atoms with van der Waals surface area (Å²) in [6, 6.07) is 7.96. The number of hydrogen-bond acceptors (Lipinski definition) is 10. The summed E-state index contributed by atoms with van der Waals surface area (Å²) in [6.45, 7) is 2.54. The fraction of sp³-hybridized carbons (Fsp3) is 0.185. The molecule has 9 nitrogen and oxygen atoms in total. The molecule has 13 heteroatoms. The van der Waals surface area contributed by atoms with Crippen LogP contribution in [0.3, 0.4) is 0 Å². The quantitative estimate of drug-likeness (QED) is 0.249. The number of ether oxygens (including phenoxy) is 2. The number of fused-ring (bicyclic) bond motifs is 1. The van der Waals surface area contributed by atoms with Gasteiger partial charge in [0.15, 0.2) is 5.82 Å². The Hall–Kier alpha value is -4.28. The van der Waals surface area contributed by atoms with Crippen LogP contribution >= 0.6 is 27.3 Å². The van der Waals surface area contributed by atoms with Crippen LogP contribution in [0.5, 0.6) is 11.8 Å². The van der Waals surface area contributed by atoms with Crippen LogP contribution in [0.1, 0.15) is 24.1 Å². The minimum absolute atomic E-state index is 0.0477. The lowest BCUT2D eigenvalue weighted by atomic mass is 9.96. The third-order valence-corrected chi connectivity index (χ3v) is 8.75. The van der Waals surface area contributed by atoms with E-state index in [1.807, 2.05) is 24.0 Å². The number of thiophene rings is 1. The van der Waals surface area contributed by atoms with Crippen molar-refractivity contribution in [3.63, 3.8) is 0 Å². The van der Waals surface area contributed by atoms with Crippen molar-refractivity contribution in [1.29, 1.82) is 5.26 Å². The van der Waals surface area contributed by atoms with E-state index in [4.69, 9.17) is 20.9 Å². The van der Waals surface area contributed by atoms with E-state index in [1.54, 1.807) is 12.3 Å². The summed E-state index contributed by atoms with van der Waals surface area (Å²) in [5.41, 5.74) is 13.3. The Kier molecular flexibility index (Phi) is 6.31. The number of aromatic nitrogens is 3. The molecule has 0 bridgehead atoms. The van der Waals surface area contributed by atoms with Crippen LogP contribution < -0.4 is 25.8 Å². The maximum absolute atomic E-state index is 16.7. The van der Waals surface area contributed by atoms with Crippen LogP contribution in [0.4, 0.5) is 25.4 Å². The van der Waals surface area contributed by atoms with Gasteiger partial charge in [0.1, 0.15) is 46.4 Å². The van der Waals surface area contributed by atoms with Gasteiger partial charge >= 0.3 is 6.01 Å². The van der Waals surface area contributed by atoms with Gasteiger partial charge in [0.2, 0.25) is 0 Å². The van der Waals surface area contributed by atoms with Crippen molar-refractivity contribution >= 4 is 64.9 Å². The summed E-state index contributed by atoms with van der Waals surface area (Å²) >= 11 is 4.49. The zero-order valence-electron chi connectivity index (χ0n) is 21.1. The summed E-state index contributed by atoms with van der Waals surface area (Å²) in [5, 5.41) is 10.5. The Bertz CT molecular complexity index is 1890. The molecule has 0 saturated carbocycles. The van der Waals surface area contributed by atoms with E-state index in [0.29, 0.717) is 29.3 Å². The van der Waals surface area contributed by atoms with E-state index in [-0.39, 0.29) is 60.4 Å². The Morgan fingerprint density at radius 2 is 2.02 bits per heavy atom. The predicted octanol–water partition coefficient (Wildman–Crippen LogP) is 5.95. The van der Waals surface area contributed by atoms with Gasteiger partial charge in [0.05, 0.1) is 39.8 Å². The Morgan fingerprint density at radius 1 is 1.23 bits per heavy atom. The topological polar surface area (TPSA) is 136 Å². The lowest BCUT2D eigenvalue weighted by Crippen LogP contribution is -2.31. The standard InChI is InChI=1S/C27H20BrF2N7O2S/c1-11(12-4-3-7-34-24(12)32)37-8-9-39-22-18-21(35-27(38-2)36-26(18)37)20(30)17(19(22)28)13-5-6-15(29)23-16(13)14(10-31)25(33)40-23/h3-7,11H,8-9,33H2,1-2H3,(H2,32,34). The van der Waals surface area contributed by atoms with Crippen molar-refractivity contribution in [1.82, 2.24) is 15.0 Å². The first-order valence-electron chi connectivity index (χ1n) is 12.0. The van der Waals surface area contributed by atoms with Crippen molar-refractivity contribution < 1.29 is 18.3 Å². The third-order valence-electron chi connectivity index (χ3n) is 6.96. The second-order valence-electron chi connectivity index (χ2n) is 9.04. The van der Waals surface area contributed by atoms with Gasteiger partial charge in [-0.05, 0) is 40.5 Å². The molecule has 0 spiro atoms. The number of nitrogens with two attached hydrogens (primary N) is 2. The molecule has 6 rings (SSSR count). The Morgan fingerprint density at radius 3 is 2.75 bits per heavy atom. The highest BCUT2D eigenvalue weighted by Gasteiger charge is 2.33. The molecule has 4 heterocycles. The number of benzene rings is 2. The van der Waals surface area contributed by atoms with E-state index in [9.17, 15) is 9.65 Å². The van der Waals surface area contributed by atoms with Gasteiger partial charge < -0.3 is 25.8 Å². The van der Waals surface area contributed by atoms with Crippen molar-refractivity contribution in [2.75, 3.05) is 36.6 Å². The number of hydrogen-bond donors (Lipinski definition) is 2.